The van der Waals surface area contributed by atoms with Crippen molar-refractivity contribution in [2.24, 2.45) is 5.92 Å². The van der Waals surface area contributed by atoms with Crippen molar-refractivity contribution < 1.29 is 13.5 Å². The second-order valence-corrected chi connectivity index (χ2v) is 7.16. The molecule has 0 bridgehead atoms. The van der Waals surface area contributed by atoms with E-state index in [0.717, 1.165) is 30.4 Å². The lowest BCUT2D eigenvalue weighted by Gasteiger charge is -2.15. The van der Waals surface area contributed by atoms with Crippen molar-refractivity contribution in [2.45, 2.75) is 38.0 Å². The normalized spacial score (nSPS) is 23.7. The fraction of sp³-hybridized carbons (Fsp3) is 0.571. The second kappa shape index (κ2) is 6.03. The molecule has 0 aliphatic heterocycles. The number of hydrogen-bond donors (Lipinski definition) is 2. The quantitative estimate of drug-likeness (QED) is 0.862. The van der Waals surface area contributed by atoms with Gasteiger partial charge in [0.25, 0.3) is 0 Å². The van der Waals surface area contributed by atoms with E-state index in [1.807, 2.05) is 31.2 Å². The summed E-state index contributed by atoms with van der Waals surface area (Å²) < 4.78 is 26.6. The molecule has 0 aromatic heterocycles. The molecular weight excluding hydrogens is 262 g/mol. The lowest BCUT2D eigenvalue weighted by Crippen LogP contribution is -2.33. The van der Waals surface area contributed by atoms with Crippen molar-refractivity contribution in [2.75, 3.05) is 6.54 Å². The van der Waals surface area contributed by atoms with Crippen LogP contribution in [0, 0.1) is 12.8 Å². The summed E-state index contributed by atoms with van der Waals surface area (Å²) in [6.45, 7) is 2.29. The predicted octanol–water partition coefficient (Wildman–Crippen LogP) is 1.58. The van der Waals surface area contributed by atoms with Gasteiger partial charge in [-0.15, -0.1) is 0 Å². The van der Waals surface area contributed by atoms with E-state index in [-0.39, 0.29) is 17.8 Å². The third kappa shape index (κ3) is 4.30. The zero-order chi connectivity index (χ0) is 13.9. The smallest absolute Gasteiger partial charge is 0.215 e. The minimum atomic E-state index is -3.32. The number of aryl methyl sites for hydroxylation is 1. The molecule has 1 aromatic rings. The Morgan fingerprint density at radius 1 is 1.37 bits per heavy atom. The van der Waals surface area contributed by atoms with Crippen molar-refractivity contribution in [3.05, 3.63) is 35.4 Å². The summed E-state index contributed by atoms with van der Waals surface area (Å²) in [6, 6.07) is 7.50. The lowest BCUT2D eigenvalue weighted by molar-refractivity contribution is 0.134. The van der Waals surface area contributed by atoms with E-state index in [4.69, 9.17) is 0 Å². The van der Waals surface area contributed by atoms with Gasteiger partial charge in [0.2, 0.25) is 10.0 Å². The van der Waals surface area contributed by atoms with E-state index in [9.17, 15) is 13.5 Å². The molecule has 1 aliphatic rings. The minimum Gasteiger partial charge on any atom is -0.393 e. The molecule has 0 amide bonds. The molecule has 1 aliphatic carbocycles. The van der Waals surface area contributed by atoms with Gasteiger partial charge in [0, 0.05) is 6.54 Å². The van der Waals surface area contributed by atoms with Gasteiger partial charge in [-0.1, -0.05) is 36.2 Å². The highest BCUT2D eigenvalue weighted by atomic mass is 32.2. The summed E-state index contributed by atoms with van der Waals surface area (Å²) in [5.74, 6) is 0.0598. The number of aliphatic hydroxyl groups excluding tert-OH is 1. The fourth-order valence-electron chi connectivity index (χ4n) is 2.56. The number of benzene rings is 1. The van der Waals surface area contributed by atoms with E-state index in [2.05, 4.69) is 4.72 Å². The van der Waals surface area contributed by atoms with E-state index < -0.39 is 10.0 Å². The van der Waals surface area contributed by atoms with Gasteiger partial charge in [0.05, 0.1) is 11.9 Å². The summed E-state index contributed by atoms with van der Waals surface area (Å²) in [5.41, 5.74) is 1.85. The highest BCUT2D eigenvalue weighted by Crippen LogP contribution is 2.24. The standard InChI is InChI=1S/C14H21NO3S/c1-11-4-2-5-12(8-11)10-19(17,18)15-9-13-6-3-7-14(13)16/h2,4-5,8,13-16H,3,6-7,9-10H2,1H3. The largest absolute Gasteiger partial charge is 0.393 e. The Balaban J connectivity index is 1.91. The van der Waals surface area contributed by atoms with Gasteiger partial charge in [-0.05, 0) is 31.2 Å². The monoisotopic (exact) mass is 283 g/mol. The number of nitrogens with one attached hydrogen (secondary N) is 1. The fourth-order valence-corrected chi connectivity index (χ4v) is 3.75. The SMILES string of the molecule is Cc1cccc(CS(=O)(=O)NCC2CCCC2O)c1. The van der Waals surface area contributed by atoms with Gasteiger partial charge in [-0.2, -0.15) is 0 Å². The molecule has 2 atom stereocenters. The zero-order valence-electron chi connectivity index (χ0n) is 11.2. The highest BCUT2D eigenvalue weighted by Gasteiger charge is 2.26. The molecule has 1 fully saturated rings. The van der Waals surface area contributed by atoms with Crippen molar-refractivity contribution in [1.29, 1.82) is 0 Å². The van der Waals surface area contributed by atoms with E-state index in [0.29, 0.717) is 6.54 Å². The molecule has 2 rings (SSSR count). The molecule has 2 N–H and O–H groups in total. The summed E-state index contributed by atoms with van der Waals surface area (Å²) in [5, 5.41) is 9.68. The topological polar surface area (TPSA) is 66.4 Å². The molecule has 0 radical (unpaired) electrons. The van der Waals surface area contributed by atoms with Crippen LogP contribution in [0.3, 0.4) is 0 Å². The first-order valence-corrected chi connectivity index (χ1v) is 8.32. The average Bonchev–Trinajstić information content (AvgIpc) is 2.72. The summed E-state index contributed by atoms with van der Waals surface area (Å²) in [7, 11) is -3.32. The van der Waals surface area contributed by atoms with Crippen LogP contribution >= 0.6 is 0 Å². The van der Waals surface area contributed by atoms with Crippen LogP contribution in [0.15, 0.2) is 24.3 Å². The molecule has 0 saturated heterocycles. The maximum Gasteiger partial charge on any atom is 0.215 e. The van der Waals surface area contributed by atoms with Gasteiger partial charge in [0.15, 0.2) is 0 Å². The Labute approximate surface area is 114 Å². The minimum absolute atomic E-state index is 0.00248. The Morgan fingerprint density at radius 2 is 2.16 bits per heavy atom. The van der Waals surface area contributed by atoms with Crippen LogP contribution < -0.4 is 4.72 Å². The van der Waals surface area contributed by atoms with E-state index in [1.165, 1.54) is 0 Å². The van der Waals surface area contributed by atoms with E-state index >= 15 is 0 Å². The Hall–Kier alpha value is -0.910. The maximum absolute atomic E-state index is 12.0. The molecule has 19 heavy (non-hydrogen) atoms. The molecule has 106 valence electrons. The van der Waals surface area contributed by atoms with Crippen molar-refractivity contribution >= 4 is 10.0 Å². The van der Waals surface area contributed by atoms with Crippen LogP contribution in [0.25, 0.3) is 0 Å². The third-order valence-electron chi connectivity index (χ3n) is 3.62. The summed E-state index contributed by atoms with van der Waals surface area (Å²) in [4.78, 5) is 0. The summed E-state index contributed by atoms with van der Waals surface area (Å²) >= 11 is 0. The van der Waals surface area contributed by atoms with Crippen molar-refractivity contribution in [3.8, 4) is 0 Å². The Bertz CT molecular complexity index is 527. The molecular formula is C14H21NO3S. The van der Waals surface area contributed by atoms with E-state index in [1.54, 1.807) is 0 Å². The van der Waals surface area contributed by atoms with Crippen LogP contribution in [-0.4, -0.2) is 26.2 Å². The Morgan fingerprint density at radius 3 is 2.79 bits per heavy atom. The van der Waals surface area contributed by atoms with Crippen LogP contribution in [0.1, 0.15) is 30.4 Å². The first kappa shape index (κ1) is 14.5. The number of rotatable bonds is 5. The van der Waals surface area contributed by atoms with Gasteiger partial charge in [0.1, 0.15) is 0 Å². The first-order valence-electron chi connectivity index (χ1n) is 6.67. The van der Waals surface area contributed by atoms with Crippen molar-refractivity contribution in [1.82, 2.24) is 4.72 Å². The van der Waals surface area contributed by atoms with Gasteiger partial charge in [-0.3, -0.25) is 0 Å². The molecule has 1 aromatic carbocycles. The highest BCUT2D eigenvalue weighted by molar-refractivity contribution is 7.88. The van der Waals surface area contributed by atoms with Gasteiger partial charge >= 0.3 is 0 Å². The molecule has 5 heteroatoms. The third-order valence-corrected chi connectivity index (χ3v) is 4.94. The predicted molar refractivity (Wildman–Crippen MR) is 75.2 cm³/mol. The number of sulfonamides is 1. The second-order valence-electron chi connectivity index (χ2n) is 5.35. The van der Waals surface area contributed by atoms with Gasteiger partial charge < -0.3 is 5.11 Å². The van der Waals surface area contributed by atoms with Gasteiger partial charge in [-0.25, -0.2) is 13.1 Å². The molecule has 0 spiro atoms. The molecule has 1 saturated carbocycles. The van der Waals surface area contributed by atoms with Crippen LogP contribution in [0.2, 0.25) is 0 Å². The molecule has 2 unspecified atom stereocenters. The number of aliphatic hydroxyl groups is 1. The van der Waals surface area contributed by atoms with Crippen LogP contribution in [-0.2, 0) is 15.8 Å². The molecule has 4 nitrogen and oxygen atoms in total. The van der Waals surface area contributed by atoms with Crippen LogP contribution in [0.5, 0.6) is 0 Å². The van der Waals surface area contributed by atoms with Crippen LogP contribution in [0.4, 0.5) is 0 Å². The maximum atomic E-state index is 12.0. The zero-order valence-corrected chi connectivity index (χ0v) is 12.0. The lowest BCUT2D eigenvalue weighted by atomic mass is 10.1. The molecule has 0 heterocycles. The van der Waals surface area contributed by atoms with Crippen molar-refractivity contribution in [3.63, 3.8) is 0 Å². The number of hydrogen-bond acceptors (Lipinski definition) is 3. The average molecular weight is 283 g/mol. The summed E-state index contributed by atoms with van der Waals surface area (Å²) in [6.07, 6.45) is 2.30. The first-order chi connectivity index (χ1) is 8.96. The Kier molecular flexibility index (Phi) is 4.60.